The molecule has 1 aromatic carbocycles. The summed E-state index contributed by atoms with van der Waals surface area (Å²) in [4.78, 5) is 0. The topological polar surface area (TPSA) is 12.0 Å². The Morgan fingerprint density at radius 1 is 1.20 bits per heavy atom. The van der Waals surface area contributed by atoms with Crippen molar-refractivity contribution < 1.29 is 0 Å². The summed E-state index contributed by atoms with van der Waals surface area (Å²) in [6.07, 6.45) is 0. The summed E-state index contributed by atoms with van der Waals surface area (Å²) in [5.41, 5.74) is 4.75. The highest BCUT2D eigenvalue weighted by molar-refractivity contribution is 5.41. The van der Waals surface area contributed by atoms with Crippen LogP contribution >= 0.6 is 0 Å². The van der Waals surface area contributed by atoms with Crippen LogP contribution in [0.25, 0.3) is 0 Å². The summed E-state index contributed by atoms with van der Waals surface area (Å²) in [5.74, 6) is 0. The van der Waals surface area contributed by atoms with E-state index in [4.69, 9.17) is 0 Å². The van der Waals surface area contributed by atoms with Crippen LogP contribution in [0, 0.1) is 0 Å². The molecule has 0 atom stereocenters. The van der Waals surface area contributed by atoms with Crippen molar-refractivity contribution in [2.45, 2.75) is 52.1 Å². The van der Waals surface area contributed by atoms with E-state index in [9.17, 15) is 0 Å². The molecule has 82 valence electrons. The lowest BCUT2D eigenvalue weighted by atomic mass is 9.84. The van der Waals surface area contributed by atoms with Crippen LogP contribution in [0.15, 0.2) is 18.2 Å². The fourth-order valence-corrected chi connectivity index (χ4v) is 2.23. The lowest BCUT2D eigenvalue weighted by Crippen LogP contribution is -2.28. The van der Waals surface area contributed by atoms with E-state index in [0.717, 1.165) is 6.54 Å². The molecule has 0 bridgehead atoms. The molecule has 1 nitrogen and oxygen atoms in total. The summed E-state index contributed by atoms with van der Waals surface area (Å²) < 4.78 is 0. The molecule has 1 aliphatic heterocycles. The second kappa shape index (κ2) is 3.08. The first-order chi connectivity index (χ1) is 6.81. The van der Waals surface area contributed by atoms with Crippen LogP contribution in [0.5, 0.6) is 0 Å². The third-order valence-corrected chi connectivity index (χ3v) is 3.37. The lowest BCUT2D eigenvalue weighted by molar-refractivity contribution is 0.442. The minimum absolute atomic E-state index is 0.145. The van der Waals surface area contributed by atoms with Crippen molar-refractivity contribution in [2.75, 3.05) is 0 Å². The standard InChI is InChI=1S/C14H21N/c1-13(2,3)11-6-7-12-10(8-11)9-15-14(12,4)5/h6-8,15H,9H2,1-5H3. The van der Waals surface area contributed by atoms with Gasteiger partial charge in [0.1, 0.15) is 0 Å². The van der Waals surface area contributed by atoms with Gasteiger partial charge < -0.3 is 5.32 Å². The summed E-state index contributed by atoms with van der Waals surface area (Å²) in [6.45, 7) is 12.3. The molecule has 0 saturated heterocycles. The van der Waals surface area contributed by atoms with E-state index in [1.54, 1.807) is 0 Å². The van der Waals surface area contributed by atoms with Crippen molar-refractivity contribution in [3.05, 3.63) is 34.9 Å². The van der Waals surface area contributed by atoms with E-state index < -0.39 is 0 Å². The van der Waals surface area contributed by atoms with Crippen LogP contribution in [0.3, 0.4) is 0 Å². The third-order valence-electron chi connectivity index (χ3n) is 3.37. The molecule has 15 heavy (non-hydrogen) atoms. The van der Waals surface area contributed by atoms with Gasteiger partial charge in [0.15, 0.2) is 0 Å². The molecule has 1 heteroatoms. The van der Waals surface area contributed by atoms with Gasteiger partial charge in [-0.1, -0.05) is 39.0 Å². The van der Waals surface area contributed by atoms with Crippen molar-refractivity contribution in [1.82, 2.24) is 5.32 Å². The predicted octanol–water partition coefficient (Wildman–Crippen LogP) is 3.32. The monoisotopic (exact) mass is 203 g/mol. The summed E-state index contributed by atoms with van der Waals surface area (Å²) in [6, 6.07) is 6.92. The molecule has 0 amide bonds. The first kappa shape index (κ1) is 10.7. The van der Waals surface area contributed by atoms with Crippen molar-refractivity contribution in [3.8, 4) is 0 Å². The van der Waals surface area contributed by atoms with E-state index in [2.05, 4.69) is 58.1 Å². The maximum absolute atomic E-state index is 3.54. The first-order valence-corrected chi connectivity index (χ1v) is 5.70. The normalized spacial score (nSPS) is 19.0. The highest BCUT2D eigenvalue weighted by atomic mass is 15.0. The van der Waals surface area contributed by atoms with Gasteiger partial charge in [0.2, 0.25) is 0 Å². The van der Waals surface area contributed by atoms with Gasteiger partial charge in [-0.25, -0.2) is 0 Å². The smallest absolute Gasteiger partial charge is 0.0383 e. The van der Waals surface area contributed by atoms with Crippen molar-refractivity contribution in [3.63, 3.8) is 0 Å². The Kier molecular flexibility index (Phi) is 2.20. The Bertz CT molecular complexity index is 383. The van der Waals surface area contributed by atoms with E-state index in [1.807, 2.05) is 0 Å². The predicted molar refractivity (Wildman–Crippen MR) is 65.0 cm³/mol. The number of hydrogen-bond acceptors (Lipinski definition) is 1. The number of hydrogen-bond donors (Lipinski definition) is 1. The lowest BCUT2D eigenvalue weighted by Gasteiger charge is -2.22. The van der Waals surface area contributed by atoms with Gasteiger partial charge in [-0.3, -0.25) is 0 Å². The van der Waals surface area contributed by atoms with Crippen LogP contribution in [-0.2, 0) is 17.5 Å². The molecule has 1 aliphatic rings. The summed E-state index contributed by atoms with van der Waals surface area (Å²) in [7, 11) is 0. The van der Waals surface area contributed by atoms with Crippen molar-refractivity contribution in [2.24, 2.45) is 0 Å². The molecular weight excluding hydrogens is 182 g/mol. The van der Waals surface area contributed by atoms with Gasteiger partial charge in [0.05, 0.1) is 0 Å². The minimum atomic E-state index is 0.145. The van der Waals surface area contributed by atoms with E-state index in [1.165, 1.54) is 16.7 Å². The fourth-order valence-electron chi connectivity index (χ4n) is 2.23. The van der Waals surface area contributed by atoms with Crippen molar-refractivity contribution >= 4 is 0 Å². The van der Waals surface area contributed by atoms with Gasteiger partial charge in [0, 0.05) is 12.1 Å². The maximum atomic E-state index is 3.54. The number of benzene rings is 1. The fraction of sp³-hybridized carbons (Fsp3) is 0.571. The van der Waals surface area contributed by atoms with Crippen LogP contribution in [-0.4, -0.2) is 0 Å². The molecule has 2 rings (SSSR count). The number of rotatable bonds is 0. The highest BCUT2D eigenvalue weighted by Gasteiger charge is 2.29. The Morgan fingerprint density at radius 2 is 1.87 bits per heavy atom. The molecule has 0 aliphatic carbocycles. The SMILES string of the molecule is CC(C)(C)c1ccc2c(c1)CNC2(C)C. The molecule has 0 fully saturated rings. The highest BCUT2D eigenvalue weighted by Crippen LogP contribution is 2.33. The first-order valence-electron chi connectivity index (χ1n) is 5.70. The molecule has 0 saturated carbocycles. The Morgan fingerprint density at radius 3 is 2.47 bits per heavy atom. The van der Waals surface area contributed by atoms with Gasteiger partial charge >= 0.3 is 0 Å². The molecule has 1 heterocycles. The number of fused-ring (bicyclic) bond motifs is 1. The van der Waals surface area contributed by atoms with Crippen molar-refractivity contribution in [1.29, 1.82) is 0 Å². The summed E-state index contributed by atoms with van der Waals surface area (Å²) in [5, 5.41) is 3.54. The molecule has 0 spiro atoms. The van der Waals surface area contributed by atoms with Crippen LogP contribution in [0.1, 0.15) is 51.3 Å². The molecule has 0 aromatic heterocycles. The zero-order valence-electron chi connectivity index (χ0n) is 10.4. The van der Waals surface area contributed by atoms with Gasteiger partial charge in [0.25, 0.3) is 0 Å². The zero-order valence-corrected chi connectivity index (χ0v) is 10.4. The minimum Gasteiger partial charge on any atom is -0.304 e. The maximum Gasteiger partial charge on any atom is 0.0383 e. The van der Waals surface area contributed by atoms with Crippen LogP contribution in [0.2, 0.25) is 0 Å². The Hall–Kier alpha value is -0.820. The average Bonchev–Trinajstić information content (AvgIpc) is 2.41. The molecule has 0 radical (unpaired) electrons. The van der Waals surface area contributed by atoms with Crippen LogP contribution in [0.4, 0.5) is 0 Å². The number of nitrogens with one attached hydrogen (secondary N) is 1. The largest absolute Gasteiger partial charge is 0.304 e. The Balaban J connectivity index is 2.47. The van der Waals surface area contributed by atoms with E-state index >= 15 is 0 Å². The van der Waals surface area contributed by atoms with Gasteiger partial charge in [-0.2, -0.15) is 0 Å². The Labute approximate surface area is 92.9 Å². The quantitative estimate of drug-likeness (QED) is 0.682. The molecule has 1 N–H and O–H groups in total. The van der Waals surface area contributed by atoms with E-state index in [0.29, 0.717) is 0 Å². The second-order valence-corrected chi connectivity index (χ2v) is 6.10. The second-order valence-electron chi connectivity index (χ2n) is 6.10. The van der Waals surface area contributed by atoms with Gasteiger partial charge in [-0.15, -0.1) is 0 Å². The average molecular weight is 203 g/mol. The molecule has 1 aromatic rings. The molecular formula is C14H21N. The summed E-state index contributed by atoms with van der Waals surface area (Å²) >= 11 is 0. The van der Waals surface area contributed by atoms with E-state index in [-0.39, 0.29) is 11.0 Å². The molecule has 0 unspecified atom stereocenters. The van der Waals surface area contributed by atoms with Crippen LogP contribution < -0.4 is 5.32 Å². The third kappa shape index (κ3) is 1.81. The van der Waals surface area contributed by atoms with Gasteiger partial charge in [-0.05, 0) is 36.0 Å². The zero-order chi connectivity index (χ0) is 11.3.